The highest BCUT2D eigenvalue weighted by atomic mass is 16.6. The van der Waals surface area contributed by atoms with Crippen molar-refractivity contribution in [1.29, 1.82) is 0 Å². The first-order chi connectivity index (χ1) is 37.6. The van der Waals surface area contributed by atoms with Crippen molar-refractivity contribution in [1.82, 2.24) is 0 Å². The van der Waals surface area contributed by atoms with Gasteiger partial charge in [0.05, 0.1) is 39.6 Å². The van der Waals surface area contributed by atoms with Crippen LogP contribution in [0.3, 0.4) is 0 Å². The van der Waals surface area contributed by atoms with Crippen LogP contribution in [0.1, 0.15) is 58.4 Å². The zero-order chi connectivity index (χ0) is 50.7. The Kier molecular flexibility index (Phi) is 11.9. The van der Waals surface area contributed by atoms with Gasteiger partial charge in [-0.25, -0.2) is 0 Å². The summed E-state index contributed by atoms with van der Waals surface area (Å²) in [6.45, 7) is 7.72. The fourth-order valence-electron chi connectivity index (χ4n) is 12.7. The fourth-order valence-corrected chi connectivity index (χ4v) is 12.7. The molecule has 0 saturated heterocycles. The number of ether oxygens (including phenoxy) is 6. The van der Waals surface area contributed by atoms with Gasteiger partial charge in [0.15, 0.2) is 0 Å². The number of benzene rings is 12. The van der Waals surface area contributed by atoms with Crippen molar-refractivity contribution in [2.45, 2.75) is 39.5 Å². The van der Waals surface area contributed by atoms with E-state index in [4.69, 9.17) is 28.4 Å². The quantitative estimate of drug-likeness (QED) is 0.155. The Hall–Kier alpha value is -8.16. The van der Waals surface area contributed by atoms with E-state index in [1.165, 1.54) is 75.8 Å². The van der Waals surface area contributed by atoms with Crippen LogP contribution in [0.4, 0.5) is 0 Å². The van der Waals surface area contributed by atoms with Crippen LogP contribution < -0.4 is 18.9 Å². The van der Waals surface area contributed by atoms with Crippen LogP contribution in [0.5, 0.6) is 23.0 Å². The average Bonchev–Trinajstić information content (AvgIpc) is 3.57. The van der Waals surface area contributed by atoms with E-state index in [1.807, 2.05) is 0 Å². The number of hydrogen-bond donors (Lipinski definition) is 0. The van der Waals surface area contributed by atoms with Gasteiger partial charge in [0.25, 0.3) is 0 Å². The monoisotopic (exact) mass is 994 g/mol. The molecule has 0 radical (unpaired) electrons. The molecule has 0 atom stereocenters. The van der Waals surface area contributed by atoms with Gasteiger partial charge in [-0.1, -0.05) is 146 Å². The summed E-state index contributed by atoms with van der Waals surface area (Å²) in [5.74, 6) is 3.52. The second-order valence-corrected chi connectivity index (χ2v) is 20.5. The van der Waals surface area contributed by atoms with Crippen LogP contribution >= 0.6 is 0 Å². The molecule has 374 valence electrons. The van der Waals surface area contributed by atoms with Crippen molar-refractivity contribution in [3.8, 4) is 45.3 Å². The van der Waals surface area contributed by atoms with Crippen LogP contribution in [-0.2, 0) is 35.2 Å². The number of hydrogen-bond acceptors (Lipinski definition) is 6. The maximum absolute atomic E-state index is 7.04. The lowest BCUT2D eigenvalue weighted by Crippen LogP contribution is -2.14. The standard InChI is InChI=1S/C70H58O6/c1-3-73-69-55-35-49-13-7-15-51-37-57-41-54(60-26-22-48-20-18-44-10-6-12-46-24-28-62(60)66(48)64(44)46)42-58(70(57)74-4-2)38-52-16-8-14-50(68(52)76-34-32-72-30-29-71-31-33-75-67(49)51)36-56(69)40-53(39-55)59-25-21-47-19-17-43-9-5-11-45-23-27-61(59)65(47)63(43)45/h5-28,39-42H,3-4,29-38H2,1-2H3. The van der Waals surface area contributed by atoms with E-state index >= 15 is 0 Å². The molecule has 0 aromatic heterocycles. The van der Waals surface area contributed by atoms with E-state index in [0.717, 1.165) is 78.6 Å². The maximum atomic E-state index is 7.04. The molecular weight excluding hydrogens is 937 g/mol. The van der Waals surface area contributed by atoms with Crippen LogP contribution in [0.25, 0.3) is 86.9 Å². The minimum absolute atomic E-state index is 0.378. The molecule has 1 aliphatic heterocycles. The van der Waals surface area contributed by atoms with E-state index in [-0.39, 0.29) is 0 Å². The molecule has 14 rings (SSSR count). The normalized spacial score (nSPS) is 14.4. The molecule has 0 unspecified atom stereocenters. The Morgan fingerprint density at radius 3 is 1.01 bits per heavy atom. The Morgan fingerprint density at radius 1 is 0.329 bits per heavy atom. The molecule has 1 heterocycles. The van der Waals surface area contributed by atoms with Gasteiger partial charge in [-0.2, -0.15) is 0 Å². The third-order valence-electron chi connectivity index (χ3n) is 15.9. The van der Waals surface area contributed by atoms with Crippen molar-refractivity contribution in [3.63, 3.8) is 0 Å². The summed E-state index contributed by atoms with van der Waals surface area (Å²) in [6, 6.07) is 63.4. The topological polar surface area (TPSA) is 55.4 Å². The molecule has 0 N–H and O–H groups in total. The minimum atomic E-state index is 0.378. The molecule has 0 spiro atoms. The van der Waals surface area contributed by atoms with Crippen molar-refractivity contribution < 1.29 is 28.4 Å². The first-order valence-corrected chi connectivity index (χ1v) is 27.1. The molecule has 12 aromatic rings. The second kappa shape index (κ2) is 19.5. The van der Waals surface area contributed by atoms with Crippen LogP contribution in [-0.4, -0.2) is 52.9 Å². The van der Waals surface area contributed by atoms with Crippen molar-refractivity contribution in [3.05, 3.63) is 214 Å². The summed E-state index contributed by atoms with van der Waals surface area (Å²) in [6.07, 6.45) is 2.32. The molecule has 76 heavy (non-hydrogen) atoms. The van der Waals surface area contributed by atoms with Crippen molar-refractivity contribution >= 4 is 64.6 Å². The van der Waals surface area contributed by atoms with E-state index in [9.17, 15) is 0 Å². The Balaban J connectivity index is 1.01. The summed E-state index contributed by atoms with van der Waals surface area (Å²) in [4.78, 5) is 0. The maximum Gasteiger partial charge on any atom is 0.126 e. The SMILES string of the molecule is CCOc1c2cc(-c3ccc4ccc5cccc6ccc3c4c56)cc1Cc1cccc3c1OCCOCCOCCOc1c(cccc1Cc1cc(-c4ccc5ccc6cccc7ccc4c5c67)cc(c1OCC)C3)C2. The van der Waals surface area contributed by atoms with Gasteiger partial charge in [-0.3, -0.25) is 0 Å². The van der Waals surface area contributed by atoms with Gasteiger partial charge in [0, 0.05) is 25.7 Å². The summed E-state index contributed by atoms with van der Waals surface area (Å²) in [7, 11) is 0. The Labute approximate surface area is 443 Å². The van der Waals surface area contributed by atoms with Crippen molar-refractivity contribution in [2.24, 2.45) is 0 Å². The third kappa shape index (κ3) is 8.10. The van der Waals surface area contributed by atoms with Gasteiger partial charge in [-0.05, 0) is 170 Å². The molecule has 0 fully saturated rings. The van der Waals surface area contributed by atoms with Gasteiger partial charge < -0.3 is 28.4 Å². The third-order valence-corrected chi connectivity index (χ3v) is 15.9. The van der Waals surface area contributed by atoms with Crippen LogP contribution in [0.2, 0.25) is 0 Å². The minimum Gasteiger partial charge on any atom is -0.493 e. The highest BCUT2D eigenvalue weighted by Crippen LogP contribution is 2.46. The molecule has 2 aliphatic rings. The van der Waals surface area contributed by atoms with Gasteiger partial charge >= 0.3 is 0 Å². The molecule has 6 nitrogen and oxygen atoms in total. The van der Waals surface area contributed by atoms with Crippen LogP contribution in [0, 0.1) is 0 Å². The largest absolute Gasteiger partial charge is 0.493 e. The molecule has 12 aromatic carbocycles. The Morgan fingerprint density at radius 2 is 0.645 bits per heavy atom. The highest BCUT2D eigenvalue weighted by Gasteiger charge is 2.25. The summed E-state index contributed by atoms with van der Waals surface area (Å²) < 4.78 is 40.1. The lowest BCUT2D eigenvalue weighted by Gasteiger charge is -2.24. The number of rotatable bonds is 6. The smallest absolute Gasteiger partial charge is 0.126 e. The van der Waals surface area contributed by atoms with E-state index < -0.39 is 0 Å². The summed E-state index contributed by atoms with van der Waals surface area (Å²) in [5, 5.41) is 15.2. The predicted octanol–water partition coefficient (Wildman–Crippen LogP) is 16.1. The van der Waals surface area contributed by atoms with E-state index in [2.05, 4.69) is 184 Å². The first-order valence-electron chi connectivity index (χ1n) is 27.1. The molecule has 10 bridgehead atoms. The zero-order valence-corrected chi connectivity index (χ0v) is 43.1. The van der Waals surface area contributed by atoms with Gasteiger partial charge in [0.2, 0.25) is 0 Å². The van der Waals surface area contributed by atoms with E-state index in [0.29, 0.717) is 78.5 Å². The van der Waals surface area contributed by atoms with Gasteiger partial charge in [0.1, 0.15) is 36.2 Å². The van der Waals surface area contributed by atoms with Crippen LogP contribution in [0.15, 0.2) is 170 Å². The van der Waals surface area contributed by atoms with Crippen molar-refractivity contribution in [2.75, 3.05) is 52.9 Å². The predicted molar refractivity (Wildman–Crippen MR) is 310 cm³/mol. The fraction of sp³-hybridized carbons (Fsp3) is 0.200. The second-order valence-electron chi connectivity index (χ2n) is 20.5. The lowest BCUT2D eigenvalue weighted by atomic mass is 9.86. The summed E-state index contributed by atoms with van der Waals surface area (Å²) >= 11 is 0. The lowest BCUT2D eigenvalue weighted by molar-refractivity contribution is 0.0271. The molecule has 1 aliphatic carbocycles. The highest BCUT2D eigenvalue weighted by molar-refractivity contribution is 6.26. The summed E-state index contributed by atoms with van der Waals surface area (Å²) in [5.41, 5.74) is 13.4. The zero-order valence-electron chi connectivity index (χ0n) is 43.1. The molecule has 6 heteroatoms. The number of fused-ring (bicyclic) bond motifs is 2. The van der Waals surface area contributed by atoms with E-state index in [1.54, 1.807) is 0 Å². The van der Waals surface area contributed by atoms with Gasteiger partial charge in [-0.15, -0.1) is 0 Å². The average molecular weight is 995 g/mol. The Bertz CT molecular complexity index is 3780. The molecular formula is C70H58O6. The first kappa shape index (κ1) is 46.4. The number of para-hydroxylation sites is 2. The molecule has 0 amide bonds. The molecule has 0 saturated carbocycles.